The quantitative estimate of drug-likeness (QED) is 0.814. The smallest absolute Gasteiger partial charge is 0.122 e. The summed E-state index contributed by atoms with van der Waals surface area (Å²) in [5.74, 6) is 1.84. The molecule has 0 bridgehead atoms. The van der Waals surface area contributed by atoms with Gasteiger partial charge >= 0.3 is 0 Å². The monoisotopic (exact) mass is 267 g/mol. The molecule has 1 aliphatic rings. The summed E-state index contributed by atoms with van der Waals surface area (Å²) >= 11 is 0. The van der Waals surface area contributed by atoms with Crippen molar-refractivity contribution in [2.45, 2.75) is 32.1 Å². The highest BCUT2D eigenvalue weighted by Gasteiger charge is 2.17. The van der Waals surface area contributed by atoms with E-state index < -0.39 is 0 Å². The van der Waals surface area contributed by atoms with Gasteiger partial charge in [0, 0.05) is 18.0 Å². The fourth-order valence-electron chi connectivity index (χ4n) is 3.18. The fourth-order valence-corrected chi connectivity index (χ4v) is 3.18. The van der Waals surface area contributed by atoms with Crippen LogP contribution >= 0.6 is 0 Å². The summed E-state index contributed by atoms with van der Waals surface area (Å²) < 4.78 is 5.53. The molecule has 1 aromatic carbocycles. The van der Waals surface area contributed by atoms with Gasteiger partial charge in [-0.3, -0.25) is 4.98 Å². The summed E-state index contributed by atoms with van der Waals surface area (Å²) in [6, 6.07) is 10.6. The Morgan fingerprint density at radius 3 is 2.70 bits per heavy atom. The molecule has 0 saturated heterocycles. The molecule has 1 fully saturated rings. The van der Waals surface area contributed by atoms with Crippen LogP contribution in [0.4, 0.5) is 0 Å². The molecular weight excluding hydrogens is 246 g/mol. The molecule has 0 radical (unpaired) electrons. The Labute approximate surface area is 120 Å². The highest BCUT2D eigenvalue weighted by molar-refractivity contribution is 5.64. The van der Waals surface area contributed by atoms with Crippen LogP contribution in [0.1, 0.15) is 31.2 Å². The van der Waals surface area contributed by atoms with E-state index >= 15 is 0 Å². The average molecular weight is 267 g/mol. The maximum Gasteiger partial charge on any atom is 0.122 e. The Balaban J connectivity index is 1.90. The molecule has 0 aliphatic heterocycles. The minimum absolute atomic E-state index is 0.827. The van der Waals surface area contributed by atoms with Gasteiger partial charge in [0.1, 0.15) is 5.75 Å². The van der Waals surface area contributed by atoms with E-state index in [1.54, 1.807) is 7.11 Å². The van der Waals surface area contributed by atoms with Gasteiger partial charge < -0.3 is 4.74 Å². The largest absolute Gasteiger partial charge is 0.496 e. The first kappa shape index (κ1) is 13.2. The van der Waals surface area contributed by atoms with Crippen molar-refractivity contribution >= 4 is 0 Å². The molecule has 0 N–H and O–H groups in total. The number of methoxy groups -OCH3 is 1. The molecule has 2 nitrogen and oxygen atoms in total. The first-order chi connectivity index (χ1) is 9.86. The Hall–Kier alpha value is -1.83. The molecule has 1 aromatic heterocycles. The Bertz CT molecular complexity index is 559. The molecule has 0 amide bonds. The second-order valence-electron chi connectivity index (χ2n) is 5.62. The van der Waals surface area contributed by atoms with Gasteiger partial charge in [-0.25, -0.2) is 0 Å². The lowest BCUT2D eigenvalue weighted by Gasteiger charge is -2.14. The van der Waals surface area contributed by atoms with E-state index in [2.05, 4.69) is 29.2 Å². The van der Waals surface area contributed by atoms with Crippen LogP contribution in [0.3, 0.4) is 0 Å². The van der Waals surface area contributed by atoms with Gasteiger partial charge in [-0.2, -0.15) is 0 Å². The topological polar surface area (TPSA) is 22.1 Å². The van der Waals surface area contributed by atoms with Gasteiger partial charge in [-0.05, 0) is 41.7 Å². The van der Waals surface area contributed by atoms with Crippen molar-refractivity contribution in [3.63, 3.8) is 0 Å². The van der Waals surface area contributed by atoms with Crippen LogP contribution < -0.4 is 4.74 Å². The van der Waals surface area contributed by atoms with Crippen LogP contribution in [0.25, 0.3) is 11.1 Å². The van der Waals surface area contributed by atoms with Crippen molar-refractivity contribution < 1.29 is 4.74 Å². The van der Waals surface area contributed by atoms with Crippen LogP contribution in [-0.2, 0) is 6.42 Å². The summed E-state index contributed by atoms with van der Waals surface area (Å²) in [7, 11) is 1.76. The highest BCUT2D eigenvalue weighted by atomic mass is 16.5. The van der Waals surface area contributed by atoms with Crippen LogP contribution in [0, 0.1) is 5.92 Å². The van der Waals surface area contributed by atoms with Crippen molar-refractivity contribution in [1.82, 2.24) is 4.98 Å². The first-order valence-corrected chi connectivity index (χ1v) is 7.44. The Morgan fingerprint density at radius 2 is 2.00 bits per heavy atom. The molecule has 1 saturated carbocycles. The summed E-state index contributed by atoms with van der Waals surface area (Å²) in [5, 5.41) is 0. The molecule has 1 heterocycles. The lowest BCUT2D eigenvalue weighted by atomic mass is 9.94. The number of pyridine rings is 1. The zero-order chi connectivity index (χ0) is 13.8. The molecule has 20 heavy (non-hydrogen) atoms. The van der Waals surface area contributed by atoms with Crippen molar-refractivity contribution in [2.24, 2.45) is 5.92 Å². The molecular formula is C18H21NO. The Morgan fingerprint density at radius 1 is 1.15 bits per heavy atom. The van der Waals surface area contributed by atoms with Crippen molar-refractivity contribution in [2.75, 3.05) is 7.11 Å². The first-order valence-electron chi connectivity index (χ1n) is 7.44. The third-order valence-electron chi connectivity index (χ3n) is 4.26. The predicted molar refractivity (Wildman–Crippen MR) is 81.9 cm³/mol. The molecule has 0 spiro atoms. The van der Waals surface area contributed by atoms with Crippen molar-refractivity contribution in [3.8, 4) is 16.9 Å². The van der Waals surface area contributed by atoms with Crippen LogP contribution in [0.15, 0.2) is 42.7 Å². The zero-order valence-corrected chi connectivity index (χ0v) is 12.0. The van der Waals surface area contributed by atoms with E-state index in [4.69, 9.17) is 4.74 Å². The van der Waals surface area contributed by atoms with E-state index in [9.17, 15) is 0 Å². The van der Waals surface area contributed by atoms with E-state index in [-0.39, 0.29) is 0 Å². The maximum atomic E-state index is 5.53. The summed E-state index contributed by atoms with van der Waals surface area (Å²) in [4.78, 5) is 4.21. The lowest BCUT2D eigenvalue weighted by Crippen LogP contribution is -2.01. The highest BCUT2D eigenvalue weighted by Crippen LogP contribution is 2.33. The molecule has 2 aromatic rings. The van der Waals surface area contributed by atoms with Gasteiger partial charge in [0.2, 0.25) is 0 Å². The van der Waals surface area contributed by atoms with Crippen LogP contribution in [0.2, 0.25) is 0 Å². The molecule has 0 unspecified atom stereocenters. The van der Waals surface area contributed by atoms with Crippen molar-refractivity contribution in [3.05, 3.63) is 48.3 Å². The van der Waals surface area contributed by atoms with E-state index in [1.165, 1.54) is 42.4 Å². The standard InChI is InChI=1S/C18H21NO/c1-20-18-9-8-15(16-7-4-10-19-13-16)12-17(18)11-14-5-2-3-6-14/h4,7-10,12-14H,2-3,5-6,11H2,1H3. The second kappa shape index (κ2) is 6.08. The predicted octanol–water partition coefficient (Wildman–Crippen LogP) is 4.49. The van der Waals surface area contributed by atoms with Crippen LogP contribution in [0.5, 0.6) is 5.75 Å². The summed E-state index contributed by atoms with van der Waals surface area (Å²) in [6.07, 6.45) is 10.4. The van der Waals surface area contributed by atoms with Crippen LogP contribution in [-0.4, -0.2) is 12.1 Å². The molecule has 1 aliphatic carbocycles. The summed E-state index contributed by atoms with van der Waals surface area (Å²) in [6.45, 7) is 0. The molecule has 0 atom stereocenters. The van der Waals surface area contributed by atoms with E-state index in [0.717, 1.165) is 18.1 Å². The minimum Gasteiger partial charge on any atom is -0.496 e. The number of ether oxygens (including phenoxy) is 1. The minimum atomic E-state index is 0.827. The molecule has 3 rings (SSSR count). The number of nitrogens with zero attached hydrogens (tertiary/aromatic N) is 1. The third-order valence-corrected chi connectivity index (χ3v) is 4.26. The fraction of sp³-hybridized carbons (Fsp3) is 0.389. The molecule has 2 heteroatoms. The van der Waals surface area contributed by atoms with Gasteiger partial charge in [0.25, 0.3) is 0 Å². The number of hydrogen-bond donors (Lipinski definition) is 0. The average Bonchev–Trinajstić information content (AvgIpc) is 3.01. The van der Waals surface area contributed by atoms with E-state index in [0.29, 0.717) is 0 Å². The molecule has 104 valence electrons. The van der Waals surface area contributed by atoms with Gasteiger partial charge in [0.15, 0.2) is 0 Å². The van der Waals surface area contributed by atoms with Crippen molar-refractivity contribution in [1.29, 1.82) is 0 Å². The zero-order valence-electron chi connectivity index (χ0n) is 12.0. The number of rotatable bonds is 4. The lowest BCUT2D eigenvalue weighted by molar-refractivity contribution is 0.404. The second-order valence-corrected chi connectivity index (χ2v) is 5.62. The third kappa shape index (κ3) is 2.84. The van der Waals surface area contributed by atoms with Gasteiger partial charge in [0.05, 0.1) is 7.11 Å². The number of aromatic nitrogens is 1. The maximum absolute atomic E-state index is 5.53. The van der Waals surface area contributed by atoms with E-state index in [1.807, 2.05) is 18.5 Å². The van der Waals surface area contributed by atoms with Gasteiger partial charge in [-0.15, -0.1) is 0 Å². The normalized spacial score (nSPS) is 15.4. The van der Waals surface area contributed by atoms with Gasteiger partial charge in [-0.1, -0.05) is 37.8 Å². The number of benzene rings is 1. The SMILES string of the molecule is COc1ccc(-c2cccnc2)cc1CC1CCCC1. The number of hydrogen-bond acceptors (Lipinski definition) is 2. The summed E-state index contributed by atoms with van der Waals surface area (Å²) in [5.41, 5.74) is 3.73. The Kier molecular flexibility index (Phi) is 4.00.